The van der Waals surface area contributed by atoms with Crippen LogP contribution in [0.4, 0.5) is 5.82 Å². The van der Waals surface area contributed by atoms with E-state index in [1.54, 1.807) is 6.20 Å². The highest BCUT2D eigenvalue weighted by Gasteiger charge is 2.00. The van der Waals surface area contributed by atoms with Gasteiger partial charge in [-0.1, -0.05) is 11.6 Å². The van der Waals surface area contributed by atoms with Crippen LogP contribution in [0.2, 0.25) is 5.15 Å². The van der Waals surface area contributed by atoms with E-state index >= 15 is 0 Å². The Morgan fingerprint density at radius 1 is 1.67 bits per heavy atom. The molecule has 5 heteroatoms. The van der Waals surface area contributed by atoms with Crippen molar-refractivity contribution in [3.05, 3.63) is 17.5 Å². The maximum Gasteiger partial charge on any atom is 0.149 e. The van der Waals surface area contributed by atoms with Crippen molar-refractivity contribution in [2.75, 3.05) is 11.9 Å². The monoisotopic (exact) mass is 186 g/mol. The molecule has 0 aliphatic carbocycles. The minimum Gasteiger partial charge on any atom is -0.365 e. The van der Waals surface area contributed by atoms with E-state index in [4.69, 9.17) is 17.3 Å². The number of halogens is 1. The zero-order chi connectivity index (χ0) is 8.97. The molecule has 0 fully saturated rings. The maximum atomic E-state index is 5.63. The van der Waals surface area contributed by atoms with Crippen LogP contribution in [0.25, 0.3) is 0 Å². The van der Waals surface area contributed by atoms with Gasteiger partial charge in [0, 0.05) is 12.6 Å². The number of anilines is 1. The second-order valence-corrected chi connectivity index (χ2v) is 2.90. The maximum absolute atomic E-state index is 5.63. The van der Waals surface area contributed by atoms with Crippen molar-refractivity contribution in [1.29, 1.82) is 0 Å². The lowest BCUT2D eigenvalue weighted by Crippen LogP contribution is -2.25. The van der Waals surface area contributed by atoms with E-state index in [2.05, 4.69) is 15.3 Å². The molecule has 0 saturated heterocycles. The molecule has 1 aromatic heterocycles. The first-order valence-electron chi connectivity index (χ1n) is 3.66. The fourth-order valence-electron chi connectivity index (χ4n) is 0.723. The lowest BCUT2D eigenvalue weighted by atomic mass is 10.3. The molecule has 1 unspecified atom stereocenters. The lowest BCUT2D eigenvalue weighted by Gasteiger charge is -2.10. The summed E-state index contributed by atoms with van der Waals surface area (Å²) >= 11 is 5.63. The van der Waals surface area contributed by atoms with Crippen molar-refractivity contribution in [3.63, 3.8) is 0 Å². The van der Waals surface area contributed by atoms with Gasteiger partial charge in [0.1, 0.15) is 11.0 Å². The third-order valence-corrected chi connectivity index (χ3v) is 1.54. The summed E-state index contributed by atoms with van der Waals surface area (Å²) in [5.41, 5.74) is 5.41. The molecule has 0 aliphatic rings. The molecule has 0 spiro atoms. The Morgan fingerprint density at radius 2 is 2.42 bits per heavy atom. The second kappa shape index (κ2) is 4.23. The Bertz CT molecular complexity index is 253. The van der Waals surface area contributed by atoms with E-state index in [1.165, 1.54) is 6.20 Å². The Balaban J connectivity index is 2.63. The molecule has 1 rings (SSSR count). The summed E-state index contributed by atoms with van der Waals surface area (Å²) in [5.74, 6) is 0.653. The van der Waals surface area contributed by atoms with Gasteiger partial charge in [-0.05, 0) is 6.92 Å². The Morgan fingerprint density at radius 3 is 3.00 bits per heavy atom. The molecule has 1 aromatic rings. The predicted molar refractivity (Wildman–Crippen MR) is 49.2 cm³/mol. The minimum absolute atomic E-state index is 0.178. The van der Waals surface area contributed by atoms with Gasteiger partial charge in [0.25, 0.3) is 0 Å². The largest absolute Gasteiger partial charge is 0.365 e. The summed E-state index contributed by atoms with van der Waals surface area (Å²) in [5, 5.41) is 3.43. The van der Waals surface area contributed by atoms with Gasteiger partial charge in [-0.15, -0.1) is 0 Å². The molecule has 12 heavy (non-hydrogen) atoms. The van der Waals surface area contributed by atoms with Crippen molar-refractivity contribution in [2.45, 2.75) is 13.0 Å². The average Bonchev–Trinajstić information content (AvgIpc) is 2.04. The van der Waals surface area contributed by atoms with E-state index in [0.717, 1.165) is 0 Å². The van der Waals surface area contributed by atoms with E-state index in [-0.39, 0.29) is 6.04 Å². The number of rotatable bonds is 3. The minimum atomic E-state index is 0.178. The second-order valence-electron chi connectivity index (χ2n) is 2.51. The molecule has 1 heterocycles. The van der Waals surface area contributed by atoms with Crippen molar-refractivity contribution in [3.8, 4) is 0 Å². The summed E-state index contributed by atoms with van der Waals surface area (Å²) in [4.78, 5) is 7.87. The van der Waals surface area contributed by atoms with Crippen LogP contribution >= 0.6 is 11.6 Å². The first-order chi connectivity index (χ1) is 5.72. The SMILES string of the molecule is CC(CN)Nc1cncc(Cl)n1. The number of aromatic nitrogens is 2. The van der Waals surface area contributed by atoms with Gasteiger partial charge >= 0.3 is 0 Å². The summed E-state index contributed by atoms with van der Waals surface area (Å²) < 4.78 is 0. The highest BCUT2D eigenvalue weighted by molar-refractivity contribution is 6.29. The van der Waals surface area contributed by atoms with Gasteiger partial charge in [0.15, 0.2) is 0 Å². The molecule has 1 atom stereocenters. The Hall–Kier alpha value is -0.870. The van der Waals surface area contributed by atoms with Crippen LogP contribution in [0.15, 0.2) is 12.4 Å². The first kappa shape index (κ1) is 9.22. The summed E-state index contributed by atoms with van der Waals surface area (Å²) in [6.07, 6.45) is 3.10. The average molecular weight is 187 g/mol. The van der Waals surface area contributed by atoms with Crippen LogP contribution in [0.1, 0.15) is 6.92 Å². The standard InChI is InChI=1S/C7H11ClN4/c1-5(2-9)11-7-4-10-3-6(8)12-7/h3-5H,2,9H2,1H3,(H,11,12). The van der Waals surface area contributed by atoms with Crippen molar-refractivity contribution in [1.82, 2.24) is 9.97 Å². The molecular formula is C7H11ClN4. The van der Waals surface area contributed by atoms with Crippen molar-refractivity contribution >= 4 is 17.4 Å². The van der Waals surface area contributed by atoms with Gasteiger partial charge in [0.2, 0.25) is 0 Å². The van der Waals surface area contributed by atoms with E-state index in [9.17, 15) is 0 Å². The third kappa shape index (κ3) is 2.64. The number of nitrogens with one attached hydrogen (secondary N) is 1. The van der Waals surface area contributed by atoms with Gasteiger partial charge in [-0.25, -0.2) is 4.98 Å². The third-order valence-electron chi connectivity index (χ3n) is 1.35. The quantitative estimate of drug-likeness (QED) is 0.736. The lowest BCUT2D eigenvalue weighted by molar-refractivity contribution is 0.796. The smallest absolute Gasteiger partial charge is 0.149 e. The molecule has 0 radical (unpaired) electrons. The molecule has 0 aliphatic heterocycles. The van der Waals surface area contributed by atoms with Crippen molar-refractivity contribution in [2.24, 2.45) is 5.73 Å². The highest BCUT2D eigenvalue weighted by atomic mass is 35.5. The van der Waals surface area contributed by atoms with Crippen LogP contribution in [0.3, 0.4) is 0 Å². The molecule has 66 valence electrons. The Kier molecular flexibility index (Phi) is 3.25. The van der Waals surface area contributed by atoms with Gasteiger partial charge < -0.3 is 11.1 Å². The van der Waals surface area contributed by atoms with Gasteiger partial charge in [0.05, 0.1) is 12.4 Å². The zero-order valence-corrected chi connectivity index (χ0v) is 7.54. The Labute approximate surface area is 76.2 Å². The van der Waals surface area contributed by atoms with E-state index < -0.39 is 0 Å². The van der Waals surface area contributed by atoms with E-state index in [0.29, 0.717) is 17.5 Å². The zero-order valence-electron chi connectivity index (χ0n) is 6.79. The fourth-order valence-corrected chi connectivity index (χ4v) is 0.870. The summed E-state index contributed by atoms with van der Waals surface area (Å²) in [6.45, 7) is 2.51. The van der Waals surface area contributed by atoms with Crippen LogP contribution < -0.4 is 11.1 Å². The topological polar surface area (TPSA) is 63.8 Å². The molecule has 0 amide bonds. The van der Waals surface area contributed by atoms with Gasteiger partial charge in [-0.3, -0.25) is 4.98 Å². The normalized spacial score (nSPS) is 12.6. The molecule has 0 bridgehead atoms. The fraction of sp³-hybridized carbons (Fsp3) is 0.429. The summed E-state index contributed by atoms with van der Waals surface area (Å²) in [7, 11) is 0. The van der Waals surface area contributed by atoms with E-state index in [1.807, 2.05) is 6.92 Å². The highest BCUT2D eigenvalue weighted by Crippen LogP contribution is 2.07. The van der Waals surface area contributed by atoms with Crippen molar-refractivity contribution < 1.29 is 0 Å². The summed E-state index contributed by atoms with van der Waals surface area (Å²) in [6, 6.07) is 0.178. The number of hydrogen-bond acceptors (Lipinski definition) is 4. The first-order valence-corrected chi connectivity index (χ1v) is 4.04. The molecular weight excluding hydrogens is 176 g/mol. The van der Waals surface area contributed by atoms with Gasteiger partial charge in [-0.2, -0.15) is 0 Å². The van der Waals surface area contributed by atoms with Crippen LogP contribution in [0, 0.1) is 0 Å². The molecule has 0 saturated carbocycles. The number of hydrogen-bond donors (Lipinski definition) is 2. The number of nitrogens with zero attached hydrogens (tertiary/aromatic N) is 2. The molecule has 3 N–H and O–H groups in total. The predicted octanol–water partition coefficient (Wildman–Crippen LogP) is 0.889. The number of nitrogens with two attached hydrogens (primary N) is 1. The van der Waals surface area contributed by atoms with Crippen LogP contribution in [-0.2, 0) is 0 Å². The van der Waals surface area contributed by atoms with Crippen LogP contribution in [0.5, 0.6) is 0 Å². The van der Waals surface area contributed by atoms with Crippen LogP contribution in [-0.4, -0.2) is 22.6 Å². The molecule has 0 aromatic carbocycles. The molecule has 4 nitrogen and oxygen atoms in total.